The molecule has 0 saturated carbocycles. The number of β-amino-alcohol motifs (C(OH)–C–C–N with tert-alkyl or cyclic N) is 1. The monoisotopic (exact) mass is 266 g/mol. The van der Waals surface area contributed by atoms with Crippen LogP contribution < -0.4 is 0 Å². The highest BCUT2D eigenvalue weighted by molar-refractivity contribution is 5.85. The van der Waals surface area contributed by atoms with E-state index in [4.69, 9.17) is 4.74 Å². The minimum Gasteiger partial charge on any atom is -0.389 e. The Hall–Kier alpha value is 0.130. The normalized spacial score (nSPS) is 21.0. The van der Waals surface area contributed by atoms with E-state index in [0.717, 1.165) is 32.7 Å². The van der Waals surface area contributed by atoms with Crippen molar-refractivity contribution in [2.24, 2.45) is 0 Å². The summed E-state index contributed by atoms with van der Waals surface area (Å²) in [5, 5.41) is 9.83. The molecular weight excluding hydrogens is 240 g/mol. The van der Waals surface area contributed by atoms with Crippen molar-refractivity contribution in [3.8, 4) is 0 Å². The Kier molecular flexibility index (Phi) is 9.18. The number of hydrogen-bond donors (Lipinski definition) is 1. The fraction of sp³-hybridized carbons (Fsp3) is 1.00. The number of aliphatic hydroxyl groups is 1. The van der Waals surface area contributed by atoms with E-state index < -0.39 is 0 Å². The van der Waals surface area contributed by atoms with Gasteiger partial charge in [-0.2, -0.15) is 0 Å². The van der Waals surface area contributed by atoms with Crippen molar-refractivity contribution in [3.05, 3.63) is 0 Å². The molecule has 1 heterocycles. The number of nitrogens with zero attached hydrogens (tertiary/aromatic N) is 2. The lowest BCUT2D eigenvalue weighted by molar-refractivity contribution is -0.00791. The molecule has 0 bridgehead atoms. The topological polar surface area (TPSA) is 35.9 Å². The third-order valence-corrected chi connectivity index (χ3v) is 2.90. The molecule has 0 aromatic carbocycles. The molecule has 5 heteroatoms. The van der Waals surface area contributed by atoms with Crippen molar-refractivity contribution in [1.29, 1.82) is 0 Å². The first-order valence-corrected chi connectivity index (χ1v) is 6.28. The highest BCUT2D eigenvalue weighted by Crippen LogP contribution is 2.03. The van der Waals surface area contributed by atoms with Gasteiger partial charge in [0.05, 0.1) is 18.8 Å². The first-order chi connectivity index (χ1) is 7.58. The average molecular weight is 267 g/mol. The van der Waals surface area contributed by atoms with Crippen LogP contribution in [0, 0.1) is 0 Å². The summed E-state index contributed by atoms with van der Waals surface area (Å²) in [4.78, 5) is 4.68. The molecule has 1 aliphatic rings. The Morgan fingerprint density at radius 2 is 1.88 bits per heavy atom. The van der Waals surface area contributed by atoms with Crippen molar-refractivity contribution in [3.63, 3.8) is 0 Å². The second kappa shape index (κ2) is 9.11. The standard InChI is InChI=1S/C12H26N2O2.ClH/c1-11(2)16-10-12(15)9-14-6-4-5-13(3)7-8-14;/h11-12,15H,4-10H2,1-3H3;1H. The van der Waals surface area contributed by atoms with Crippen LogP contribution in [0.25, 0.3) is 0 Å². The maximum atomic E-state index is 9.83. The first kappa shape index (κ1) is 17.1. The molecule has 0 aromatic heterocycles. The molecule has 0 radical (unpaired) electrons. The molecule has 1 rings (SSSR count). The quantitative estimate of drug-likeness (QED) is 0.800. The van der Waals surface area contributed by atoms with Gasteiger partial charge in [0.1, 0.15) is 0 Å². The maximum absolute atomic E-state index is 9.83. The lowest BCUT2D eigenvalue weighted by atomic mass is 10.3. The molecule has 104 valence electrons. The summed E-state index contributed by atoms with van der Waals surface area (Å²) in [6.07, 6.45) is 1.03. The van der Waals surface area contributed by atoms with Crippen molar-refractivity contribution in [1.82, 2.24) is 9.80 Å². The van der Waals surface area contributed by atoms with Crippen LogP contribution in [0.2, 0.25) is 0 Å². The number of halogens is 1. The number of ether oxygens (including phenoxy) is 1. The summed E-state index contributed by atoms with van der Waals surface area (Å²) < 4.78 is 5.41. The molecule has 0 aromatic rings. The van der Waals surface area contributed by atoms with Gasteiger partial charge in [-0.15, -0.1) is 12.4 Å². The van der Waals surface area contributed by atoms with E-state index >= 15 is 0 Å². The third kappa shape index (κ3) is 7.95. The van der Waals surface area contributed by atoms with Gasteiger partial charge >= 0.3 is 0 Å². The molecule has 0 spiro atoms. The SMILES string of the molecule is CC(C)OCC(O)CN1CCCN(C)CC1.Cl. The number of likely N-dealkylation sites (N-methyl/N-ethyl adjacent to an activating group) is 1. The van der Waals surface area contributed by atoms with Crippen LogP contribution in [0.3, 0.4) is 0 Å². The van der Waals surface area contributed by atoms with Gasteiger partial charge in [-0.05, 0) is 40.4 Å². The molecule has 1 fully saturated rings. The van der Waals surface area contributed by atoms with Crippen LogP contribution in [-0.4, -0.2) is 73.5 Å². The van der Waals surface area contributed by atoms with E-state index in [0.29, 0.717) is 6.61 Å². The van der Waals surface area contributed by atoms with Gasteiger partial charge < -0.3 is 14.7 Å². The molecule has 0 aliphatic carbocycles. The fourth-order valence-electron chi connectivity index (χ4n) is 1.94. The zero-order valence-corrected chi connectivity index (χ0v) is 12.1. The Bertz CT molecular complexity index is 193. The summed E-state index contributed by atoms with van der Waals surface area (Å²) in [7, 11) is 2.15. The van der Waals surface area contributed by atoms with Crippen molar-refractivity contribution in [2.75, 3.05) is 46.4 Å². The lowest BCUT2D eigenvalue weighted by Crippen LogP contribution is -2.37. The van der Waals surface area contributed by atoms with E-state index in [9.17, 15) is 5.11 Å². The summed E-state index contributed by atoms with van der Waals surface area (Å²) in [6.45, 7) is 9.57. The second-order valence-electron chi connectivity index (χ2n) is 4.99. The minimum absolute atomic E-state index is 0. The van der Waals surface area contributed by atoms with E-state index in [1.54, 1.807) is 0 Å². The zero-order valence-electron chi connectivity index (χ0n) is 11.3. The molecule has 1 saturated heterocycles. The van der Waals surface area contributed by atoms with Crippen LogP contribution >= 0.6 is 12.4 Å². The van der Waals surface area contributed by atoms with Gasteiger partial charge in [-0.1, -0.05) is 0 Å². The van der Waals surface area contributed by atoms with Crippen molar-refractivity contribution in [2.45, 2.75) is 32.5 Å². The lowest BCUT2D eigenvalue weighted by Gasteiger charge is -2.23. The fourth-order valence-corrected chi connectivity index (χ4v) is 1.94. The van der Waals surface area contributed by atoms with Gasteiger partial charge in [0.2, 0.25) is 0 Å². The Balaban J connectivity index is 0.00000256. The predicted octanol–water partition coefficient (Wildman–Crippen LogP) is 0.832. The smallest absolute Gasteiger partial charge is 0.0900 e. The summed E-state index contributed by atoms with van der Waals surface area (Å²) >= 11 is 0. The Morgan fingerprint density at radius 3 is 2.53 bits per heavy atom. The van der Waals surface area contributed by atoms with Crippen LogP contribution in [0.15, 0.2) is 0 Å². The van der Waals surface area contributed by atoms with Gasteiger partial charge in [0, 0.05) is 19.6 Å². The molecule has 17 heavy (non-hydrogen) atoms. The first-order valence-electron chi connectivity index (χ1n) is 6.28. The molecule has 1 unspecified atom stereocenters. The minimum atomic E-state index is -0.356. The van der Waals surface area contributed by atoms with Crippen molar-refractivity contribution < 1.29 is 9.84 Å². The number of hydrogen-bond acceptors (Lipinski definition) is 4. The Labute approximate surface area is 111 Å². The van der Waals surface area contributed by atoms with Crippen LogP contribution in [0.1, 0.15) is 20.3 Å². The van der Waals surface area contributed by atoms with Gasteiger partial charge in [0.25, 0.3) is 0 Å². The summed E-state index contributed by atoms with van der Waals surface area (Å²) in [5.74, 6) is 0. The number of rotatable bonds is 5. The largest absolute Gasteiger partial charge is 0.389 e. The molecule has 1 atom stereocenters. The summed E-state index contributed by atoms with van der Waals surface area (Å²) in [6, 6.07) is 0. The molecule has 0 amide bonds. The molecule has 4 nitrogen and oxygen atoms in total. The highest BCUT2D eigenvalue weighted by Gasteiger charge is 2.15. The van der Waals surface area contributed by atoms with Crippen LogP contribution in [0.4, 0.5) is 0 Å². The maximum Gasteiger partial charge on any atom is 0.0900 e. The summed E-state index contributed by atoms with van der Waals surface area (Å²) in [5.41, 5.74) is 0. The van der Waals surface area contributed by atoms with Gasteiger partial charge in [-0.3, -0.25) is 4.90 Å². The average Bonchev–Trinajstić information content (AvgIpc) is 2.41. The zero-order chi connectivity index (χ0) is 12.0. The van der Waals surface area contributed by atoms with Crippen molar-refractivity contribution >= 4 is 12.4 Å². The second-order valence-corrected chi connectivity index (χ2v) is 4.99. The van der Waals surface area contributed by atoms with Crippen LogP contribution in [0.5, 0.6) is 0 Å². The van der Waals surface area contributed by atoms with E-state index in [-0.39, 0.29) is 24.6 Å². The predicted molar refractivity (Wildman–Crippen MR) is 72.9 cm³/mol. The third-order valence-electron chi connectivity index (χ3n) is 2.90. The van der Waals surface area contributed by atoms with Gasteiger partial charge in [0.15, 0.2) is 0 Å². The van der Waals surface area contributed by atoms with E-state index in [2.05, 4.69) is 16.8 Å². The van der Waals surface area contributed by atoms with Gasteiger partial charge in [-0.25, -0.2) is 0 Å². The van der Waals surface area contributed by atoms with Crippen LogP contribution in [-0.2, 0) is 4.74 Å². The highest BCUT2D eigenvalue weighted by atomic mass is 35.5. The molecule has 1 aliphatic heterocycles. The number of aliphatic hydroxyl groups excluding tert-OH is 1. The molecule has 1 N–H and O–H groups in total. The van der Waals surface area contributed by atoms with E-state index in [1.807, 2.05) is 13.8 Å². The van der Waals surface area contributed by atoms with E-state index in [1.165, 1.54) is 6.42 Å². The Morgan fingerprint density at radius 1 is 1.18 bits per heavy atom. The molecular formula is C12H27ClN2O2.